The molecule has 1 atom stereocenters. The molecule has 3 heterocycles. The van der Waals surface area contributed by atoms with Gasteiger partial charge in [0.1, 0.15) is 0 Å². The molecule has 0 saturated carbocycles. The van der Waals surface area contributed by atoms with Gasteiger partial charge in [0.25, 0.3) is 0 Å². The molecule has 0 unspecified atom stereocenters. The van der Waals surface area contributed by atoms with Crippen molar-refractivity contribution in [1.29, 1.82) is 0 Å². The van der Waals surface area contributed by atoms with E-state index >= 15 is 0 Å². The van der Waals surface area contributed by atoms with Gasteiger partial charge in [-0.2, -0.15) is 13.2 Å². The van der Waals surface area contributed by atoms with Crippen molar-refractivity contribution in [3.8, 4) is 11.3 Å². The second-order valence-corrected chi connectivity index (χ2v) is 5.39. The Labute approximate surface area is 125 Å². The minimum Gasteiger partial charge on any atom is -0.360 e. The SMILES string of the molecule is FC(F)(F)c1cccc(-c2ccc3c(n2)N[C@H]2C=CN3C2)c1. The van der Waals surface area contributed by atoms with Crippen LogP contribution in [0.5, 0.6) is 0 Å². The van der Waals surface area contributed by atoms with Gasteiger partial charge in [0.15, 0.2) is 5.82 Å². The van der Waals surface area contributed by atoms with E-state index in [9.17, 15) is 13.2 Å². The predicted molar refractivity (Wildman–Crippen MR) is 78.6 cm³/mol. The van der Waals surface area contributed by atoms with Crippen LogP contribution in [0.15, 0.2) is 48.7 Å². The molecule has 0 aliphatic carbocycles. The van der Waals surface area contributed by atoms with Gasteiger partial charge in [0, 0.05) is 18.3 Å². The summed E-state index contributed by atoms with van der Waals surface area (Å²) in [6, 6.07) is 9.08. The van der Waals surface area contributed by atoms with Crippen LogP contribution in [0.4, 0.5) is 24.7 Å². The van der Waals surface area contributed by atoms with E-state index in [1.165, 1.54) is 6.07 Å². The molecule has 0 saturated heterocycles. The van der Waals surface area contributed by atoms with Gasteiger partial charge in [0.05, 0.1) is 23.0 Å². The zero-order chi connectivity index (χ0) is 15.3. The fourth-order valence-corrected chi connectivity index (χ4v) is 2.79. The van der Waals surface area contributed by atoms with Crippen molar-refractivity contribution in [3.63, 3.8) is 0 Å². The van der Waals surface area contributed by atoms with Crippen LogP contribution >= 0.6 is 0 Å². The number of fused-ring (bicyclic) bond motifs is 4. The molecule has 0 fully saturated rings. The second-order valence-electron chi connectivity index (χ2n) is 5.39. The maximum Gasteiger partial charge on any atom is 0.416 e. The summed E-state index contributed by atoms with van der Waals surface area (Å²) in [5, 5.41) is 3.28. The number of anilines is 2. The van der Waals surface area contributed by atoms with Crippen molar-refractivity contribution in [2.75, 3.05) is 16.8 Å². The lowest BCUT2D eigenvalue weighted by Gasteiger charge is -2.28. The first kappa shape index (κ1) is 13.2. The molecule has 0 radical (unpaired) electrons. The Morgan fingerprint density at radius 1 is 1.18 bits per heavy atom. The van der Waals surface area contributed by atoms with Crippen LogP contribution in [-0.2, 0) is 6.18 Å². The summed E-state index contributed by atoms with van der Waals surface area (Å²) in [5.74, 6) is 0.705. The number of aromatic nitrogens is 1. The molecule has 6 heteroatoms. The predicted octanol–water partition coefficient (Wildman–Crippen LogP) is 3.90. The molecule has 2 aliphatic rings. The highest BCUT2D eigenvalue weighted by molar-refractivity contribution is 5.76. The average Bonchev–Trinajstić information content (AvgIpc) is 2.88. The number of nitrogens with one attached hydrogen (secondary N) is 1. The van der Waals surface area contributed by atoms with Crippen LogP contribution in [-0.4, -0.2) is 17.6 Å². The minimum atomic E-state index is -4.35. The van der Waals surface area contributed by atoms with Gasteiger partial charge in [-0.1, -0.05) is 12.1 Å². The van der Waals surface area contributed by atoms with Gasteiger partial charge in [0.2, 0.25) is 0 Å². The van der Waals surface area contributed by atoms with Gasteiger partial charge < -0.3 is 10.2 Å². The van der Waals surface area contributed by atoms with Gasteiger partial charge in [-0.25, -0.2) is 4.98 Å². The lowest BCUT2D eigenvalue weighted by Crippen LogP contribution is -2.32. The van der Waals surface area contributed by atoms with Crippen molar-refractivity contribution >= 4 is 11.5 Å². The van der Waals surface area contributed by atoms with Crippen LogP contribution in [0.25, 0.3) is 11.3 Å². The maximum atomic E-state index is 12.8. The number of alkyl halides is 3. The van der Waals surface area contributed by atoms with Crippen LogP contribution in [0.3, 0.4) is 0 Å². The Bertz CT molecular complexity index is 767. The summed E-state index contributed by atoms with van der Waals surface area (Å²) in [5.41, 5.74) is 1.27. The van der Waals surface area contributed by atoms with E-state index in [-0.39, 0.29) is 6.04 Å². The van der Waals surface area contributed by atoms with Crippen LogP contribution in [0.2, 0.25) is 0 Å². The molecular formula is C16H12F3N3. The van der Waals surface area contributed by atoms with E-state index < -0.39 is 11.7 Å². The molecule has 1 aromatic heterocycles. The monoisotopic (exact) mass is 303 g/mol. The highest BCUT2D eigenvalue weighted by Crippen LogP contribution is 2.36. The minimum absolute atomic E-state index is 0.205. The first-order valence-corrected chi connectivity index (χ1v) is 6.91. The third kappa shape index (κ3) is 2.11. The Hall–Kier alpha value is -2.50. The van der Waals surface area contributed by atoms with E-state index in [1.807, 2.05) is 18.3 Å². The number of hydrogen-bond acceptors (Lipinski definition) is 3. The molecule has 112 valence electrons. The Morgan fingerprint density at radius 3 is 2.86 bits per heavy atom. The van der Waals surface area contributed by atoms with E-state index in [0.717, 1.165) is 24.4 Å². The lowest BCUT2D eigenvalue weighted by molar-refractivity contribution is -0.137. The summed E-state index contributed by atoms with van der Waals surface area (Å²) in [6.45, 7) is 0.859. The van der Waals surface area contributed by atoms with E-state index in [1.54, 1.807) is 12.1 Å². The maximum absolute atomic E-state index is 12.8. The Kier molecular flexibility index (Phi) is 2.69. The van der Waals surface area contributed by atoms with Crippen LogP contribution in [0.1, 0.15) is 5.56 Å². The quantitative estimate of drug-likeness (QED) is 0.866. The number of hydrogen-bond donors (Lipinski definition) is 1. The highest BCUT2D eigenvalue weighted by Gasteiger charge is 2.31. The number of nitrogens with zero attached hydrogens (tertiary/aromatic N) is 2. The zero-order valence-electron chi connectivity index (χ0n) is 11.4. The molecule has 1 N–H and O–H groups in total. The molecule has 4 rings (SSSR count). The topological polar surface area (TPSA) is 28.2 Å². The summed E-state index contributed by atoms with van der Waals surface area (Å²) in [7, 11) is 0. The number of halogens is 3. The smallest absolute Gasteiger partial charge is 0.360 e. The third-order valence-electron chi connectivity index (χ3n) is 3.88. The van der Waals surface area contributed by atoms with Crippen LogP contribution < -0.4 is 10.2 Å². The fraction of sp³-hybridized carbons (Fsp3) is 0.188. The first-order valence-electron chi connectivity index (χ1n) is 6.91. The lowest BCUT2D eigenvalue weighted by atomic mass is 10.1. The van der Waals surface area contributed by atoms with Crippen LogP contribution in [0, 0.1) is 0 Å². The zero-order valence-corrected chi connectivity index (χ0v) is 11.4. The summed E-state index contributed by atoms with van der Waals surface area (Å²) >= 11 is 0. The van der Waals surface area contributed by atoms with Gasteiger partial charge in [-0.3, -0.25) is 0 Å². The molecule has 0 spiro atoms. The normalized spacial score (nSPS) is 19.0. The van der Waals surface area contributed by atoms with E-state index in [0.29, 0.717) is 17.1 Å². The molecule has 2 aromatic rings. The molecule has 1 aromatic carbocycles. The van der Waals surface area contributed by atoms with Crippen molar-refractivity contribution in [3.05, 3.63) is 54.2 Å². The molecule has 0 amide bonds. The van der Waals surface area contributed by atoms with Crippen molar-refractivity contribution < 1.29 is 13.2 Å². The summed E-state index contributed by atoms with van der Waals surface area (Å²) in [6.07, 6.45) is -0.308. The van der Waals surface area contributed by atoms with Crippen molar-refractivity contribution in [2.45, 2.75) is 12.2 Å². The summed E-state index contributed by atoms with van der Waals surface area (Å²) < 4.78 is 38.5. The van der Waals surface area contributed by atoms with E-state index in [2.05, 4.69) is 15.2 Å². The molecular weight excluding hydrogens is 291 g/mol. The second kappa shape index (κ2) is 4.50. The molecule has 2 aliphatic heterocycles. The van der Waals surface area contributed by atoms with Gasteiger partial charge in [-0.15, -0.1) is 0 Å². The first-order chi connectivity index (χ1) is 10.5. The highest BCUT2D eigenvalue weighted by atomic mass is 19.4. The largest absolute Gasteiger partial charge is 0.416 e. The Morgan fingerprint density at radius 2 is 2.05 bits per heavy atom. The van der Waals surface area contributed by atoms with Crippen molar-refractivity contribution in [1.82, 2.24) is 4.98 Å². The standard InChI is InChI=1S/C16H12F3N3/c17-16(18,19)11-3-1-2-10(8-11)13-4-5-14-15(21-13)20-12-6-7-22(14)9-12/h1-8,12H,9H2,(H,20,21)/t12-/m0/s1. The third-order valence-corrected chi connectivity index (χ3v) is 3.88. The van der Waals surface area contributed by atoms with Gasteiger partial charge >= 0.3 is 6.18 Å². The van der Waals surface area contributed by atoms with Crippen molar-refractivity contribution in [2.24, 2.45) is 0 Å². The number of benzene rings is 1. The van der Waals surface area contributed by atoms with Gasteiger partial charge in [-0.05, 0) is 30.3 Å². The van der Waals surface area contributed by atoms with E-state index in [4.69, 9.17) is 0 Å². The summed E-state index contributed by atoms with van der Waals surface area (Å²) in [4.78, 5) is 6.57. The Balaban J connectivity index is 1.74. The fourth-order valence-electron chi connectivity index (χ4n) is 2.79. The molecule has 22 heavy (non-hydrogen) atoms. The molecule has 3 nitrogen and oxygen atoms in total. The number of pyridine rings is 1. The average molecular weight is 303 g/mol. The molecule has 2 bridgehead atoms. The number of rotatable bonds is 1.